The number of carbonyl (C=O) groups excluding carboxylic acids is 4. The van der Waals surface area contributed by atoms with Gasteiger partial charge in [-0.25, -0.2) is 14.1 Å². The molecule has 0 aliphatic carbocycles. The van der Waals surface area contributed by atoms with Crippen molar-refractivity contribution >= 4 is 29.4 Å². The van der Waals surface area contributed by atoms with Crippen LogP contribution in [0.5, 0.6) is 0 Å². The number of halogens is 1. The van der Waals surface area contributed by atoms with Crippen LogP contribution in [0.3, 0.4) is 0 Å². The van der Waals surface area contributed by atoms with Crippen molar-refractivity contribution in [1.82, 2.24) is 5.32 Å². The Balaban J connectivity index is 1.36. The van der Waals surface area contributed by atoms with E-state index >= 15 is 0 Å². The predicted octanol–water partition coefficient (Wildman–Crippen LogP) is 3.49. The second kappa shape index (κ2) is 9.04. The SMILES string of the molecule is CC(OC(=O)c1ccc(N2C(=O)c3ccccc3C2=O)cc1)C(=O)NCc1ccc(F)cc1. The molecule has 166 valence electrons. The van der Waals surface area contributed by atoms with Crippen molar-refractivity contribution in [2.45, 2.75) is 19.6 Å². The Morgan fingerprint density at radius 3 is 2.06 bits per heavy atom. The average molecular weight is 446 g/mol. The van der Waals surface area contributed by atoms with E-state index in [1.54, 1.807) is 36.4 Å². The number of rotatable bonds is 6. The van der Waals surface area contributed by atoms with Gasteiger partial charge in [0.15, 0.2) is 6.10 Å². The topological polar surface area (TPSA) is 92.8 Å². The zero-order valence-electron chi connectivity index (χ0n) is 17.6. The number of esters is 1. The fourth-order valence-corrected chi connectivity index (χ4v) is 3.39. The summed E-state index contributed by atoms with van der Waals surface area (Å²) < 4.78 is 18.2. The van der Waals surface area contributed by atoms with Crippen LogP contribution < -0.4 is 10.2 Å². The second-order valence-corrected chi connectivity index (χ2v) is 7.43. The highest BCUT2D eigenvalue weighted by Crippen LogP contribution is 2.28. The van der Waals surface area contributed by atoms with Crippen LogP contribution in [0.1, 0.15) is 43.6 Å². The summed E-state index contributed by atoms with van der Waals surface area (Å²) in [6.45, 7) is 1.60. The summed E-state index contributed by atoms with van der Waals surface area (Å²) in [5, 5.41) is 2.62. The van der Waals surface area contributed by atoms with Gasteiger partial charge in [-0.05, 0) is 61.0 Å². The molecular weight excluding hydrogens is 427 g/mol. The largest absolute Gasteiger partial charge is 0.449 e. The van der Waals surface area contributed by atoms with Gasteiger partial charge in [-0.3, -0.25) is 14.4 Å². The lowest BCUT2D eigenvalue weighted by molar-refractivity contribution is -0.129. The van der Waals surface area contributed by atoms with Gasteiger partial charge in [-0.15, -0.1) is 0 Å². The van der Waals surface area contributed by atoms with Crippen LogP contribution in [0.25, 0.3) is 0 Å². The number of nitrogens with one attached hydrogen (secondary N) is 1. The highest BCUT2D eigenvalue weighted by Gasteiger charge is 2.36. The quantitative estimate of drug-likeness (QED) is 0.462. The van der Waals surface area contributed by atoms with Crippen molar-refractivity contribution in [2.75, 3.05) is 4.90 Å². The van der Waals surface area contributed by atoms with E-state index in [1.807, 2.05) is 0 Å². The van der Waals surface area contributed by atoms with Crippen LogP contribution in [0, 0.1) is 5.82 Å². The summed E-state index contributed by atoms with van der Waals surface area (Å²) in [7, 11) is 0. The zero-order chi connectivity index (χ0) is 23.5. The van der Waals surface area contributed by atoms with Gasteiger partial charge in [-0.1, -0.05) is 24.3 Å². The number of hydrogen-bond donors (Lipinski definition) is 1. The Labute approximate surface area is 188 Å². The molecule has 3 aromatic rings. The lowest BCUT2D eigenvalue weighted by Crippen LogP contribution is -2.35. The Bertz CT molecular complexity index is 1200. The van der Waals surface area contributed by atoms with E-state index in [0.717, 1.165) is 4.90 Å². The molecule has 1 unspecified atom stereocenters. The number of benzene rings is 3. The first-order valence-electron chi connectivity index (χ1n) is 10.2. The minimum absolute atomic E-state index is 0.161. The molecule has 1 N–H and O–H groups in total. The van der Waals surface area contributed by atoms with Gasteiger partial charge in [0.05, 0.1) is 22.4 Å². The van der Waals surface area contributed by atoms with Crippen LogP contribution >= 0.6 is 0 Å². The third-order valence-corrected chi connectivity index (χ3v) is 5.19. The molecule has 0 radical (unpaired) electrons. The molecule has 7 nitrogen and oxygen atoms in total. The van der Waals surface area contributed by atoms with Crippen LogP contribution in [-0.4, -0.2) is 29.8 Å². The van der Waals surface area contributed by atoms with Crippen molar-refractivity contribution in [3.8, 4) is 0 Å². The number of imide groups is 1. The maximum atomic E-state index is 13.0. The molecule has 0 saturated heterocycles. The molecule has 1 atom stereocenters. The number of ether oxygens (including phenoxy) is 1. The van der Waals surface area contributed by atoms with E-state index in [2.05, 4.69) is 5.32 Å². The van der Waals surface area contributed by atoms with E-state index in [1.165, 1.54) is 43.3 Å². The minimum Gasteiger partial charge on any atom is -0.449 e. The molecule has 3 amide bonds. The predicted molar refractivity (Wildman–Crippen MR) is 117 cm³/mol. The van der Waals surface area contributed by atoms with Gasteiger partial charge in [-0.2, -0.15) is 0 Å². The van der Waals surface area contributed by atoms with Gasteiger partial charge >= 0.3 is 5.97 Å². The van der Waals surface area contributed by atoms with E-state index < -0.39 is 29.8 Å². The smallest absolute Gasteiger partial charge is 0.338 e. The summed E-state index contributed by atoms with van der Waals surface area (Å²) in [5.41, 5.74) is 1.83. The second-order valence-electron chi connectivity index (χ2n) is 7.43. The standard InChI is InChI=1S/C25H19FN2O5/c1-15(22(29)27-14-16-6-10-18(26)11-7-16)33-25(32)17-8-12-19(13-9-17)28-23(30)20-4-2-3-5-21(20)24(28)31/h2-13,15H,14H2,1H3,(H,27,29). The first-order valence-corrected chi connectivity index (χ1v) is 10.2. The molecule has 3 aromatic carbocycles. The van der Waals surface area contributed by atoms with E-state index in [9.17, 15) is 23.6 Å². The first-order chi connectivity index (χ1) is 15.8. The maximum absolute atomic E-state index is 13.0. The molecule has 0 saturated carbocycles. The monoisotopic (exact) mass is 446 g/mol. The third kappa shape index (κ3) is 4.50. The molecule has 8 heteroatoms. The number of anilines is 1. The Kier molecular flexibility index (Phi) is 5.99. The van der Waals surface area contributed by atoms with Crippen molar-refractivity contribution < 1.29 is 28.3 Å². The Morgan fingerprint density at radius 2 is 1.48 bits per heavy atom. The maximum Gasteiger partial charge on any atom is 0.338 e. The molecule has 0 bridgehead atoms. The summed E-state index contributed by atoms with van der Waals surface area (Å²) in [6.07, 6.45) is -1.06. The number of nitrogens with zero attached hydrogens (tertiary/aromatic N) is 1. The Morgan fingerprint density at radius 1 is 0.909 bits per heavy atom. The summed E-state index contributed by atoms with van der Waals surface area (Å²) in [6, 6.07) is 18.0. The van der Waals surface area contributed by atoms with E-state index in [0.29, 0.717) is 22.4 Å². The molecule has 4 rings (SSSR count). The molecule has 1 aliphatic heterocycles. The van der Waals surface area contributed by atoms with Gasteiger partial charge in [0.25, 0.3) is 17.7 Å². The molecule has 0 spiro atoms. The normalized spacial score (nSPS) is 13.5. The lowest BCUT2D eigenvalue weighted by atomic mass is 10.1. The van der Waals surface area contributed by atoms with Gasteiger partial charge in [0.1, 0.15) is 5.82 Å². The fraction of sp³-hybridized carbons (Fsp3) is 0.120. The van der Waals surface area contributed by atoms with Crippen molar-refractivity contribution in [2.24, 2.45) is 0 Å². The minimum atomic E-state index is -1.06. The lowest BCUT2D eigenvalue weighted by Gasteiger charge is -2.15. The number of carbonyl (C=O) groups is 4. The van der Waals surface area contributed by atoms with Crippen molar-refractivity contribution in [1.29, 1.82) is 0 Å². The van der Waals surface area contributed by atoms with Crippen molar-refractivity contribution in [3.05, 3.63) is 101 Å². The highest BCUT2D eigenvalue weighted by atomic mass is 19.1. The molecule has 0 aromatic heterocycles. The van der Waals surface area contributed by atoms with Gasteiger partial charge in [0, 0.05) is 6.54 Å². The Hall–Kier alpha value is -4.33. The number of fused-ring (bicyclic) bond motifs is 1. The van der Waals surface area contributed by atoms with E-state index in [-0.39, 0.29) is 17.9 Å². The van der Waals surface area contributed by atoms with Crippen LogP contribution in [0.4, 0.5) is 10.1 Å². The van der Waals surface area contributed by atoms with Gasteiger partial charge < -0.3 is 10.1 Å². The van der Waals surface area contributed by atoms with Crippen LogP contribution in [0.15, 0.2) is 72.8 Å². The molecule has 1 aliphatic rings. The summed E-state index contributed by atoms with van der Waals surface area (Å²) in [4.78, 5) is 50.8. The first kappa shape index (κ1) is 21.9. The average Bonchev–Trinajstić information content (AvgIpc) is 3.08. The number of amides is 3. The van der Waals surface area contributed by atoms with Crippen LogP contribution in [0.2, 0.25) is 0 Å². The zero-order valence-corrected chi connectivity index (χ0v) is 17.6. The summed E-state index contributed by atoms with van der Waals surface area (Å²) in [5.74, 6) is -2.47. The molecule has 1 heterocycles. The van der Waals surface area contributed by atoms with E-state index in [4.69, 9.17) is 4.74 Å². The van der Waals surface area contributed by atoms with Crippen molar-refractivity contribution in [3.63, 3.8) is 0 Å². The fourth-order valence-electron chi connectivity index (χ4n) is 3.39. The molecular formula is C25H19FN2O5. The third-order valence-electron chi connectivity index (χ3n) is 5.19. The molecule has 33 heavy (non-hydrogen) atoms. The highest BCUT2D eigenvalue weighted by molar-refractivity contribution is 6.34. The number of hydrogen-bond acceptors (Lipinski definition) is 5. The molecule has 0 fully saturated rings. The summed E-state index contributed by atoms with van der Waals surface area (Å²) >= 11 is 0. The van der Waals surface area contributed by atoms with Crippen LogP contribution in [-0.2, 0) is 16.1 Å². The van der Waals surface area contributed by atoms with Gasteiger partial charge in [0.2, 0.25) is 0 Å².